The highest BCUT2D eigenvalue weighted by atomic mass is 31.2. The van der Waals surface area contributed by atoms with Crippen molar-refractivity contribution in [2.45, 2.75) is 276 Å². The van der Waals surface area contributed by atoms with E-state index >= 15 is 0 Å². The Morgan fingerprint density at radius 1 is 0.508 bits per heavy atom. The average molecular weight is 938 g/mol. The van der Waals surface area contributed by atoms with Crippen molar-refractivity contribution in [1.29, 1.82) is 0 Å². The first-order valence-corrected chi connectivity index (χ1v) is 29.4. The van der Waals surface area contributed by atoms with Gasteiger partial charge in [-0.3, -0.25) is 13.8 Å². The molecule has 0 aromatic carbocycles. The topological polar surface area (TPSA) is 105 Å². The normalized spacial score (nSPS) is 14.3. The number of hydrogen-bond acceptors (Lipinski definition) is 5. The maximum Gasteiger partial charge on any atom is 0.472 e. The van der Waals surface area contributed by atoms with E-state index in [2.05, 4.69) is 43.5 Å². The second-order valence-electron chi connectivity index (χ2n) is 20.3. The summed E-state index contributed by atoms with van der Waals surface area (Å²) >= 11 is 0. The zero-order chi connectivity index (χ0) is 47.8. The number of unbranched alkanes of at least 4 members (excludes halogenated alkanes) is 34. The number of aliphatic hydroxyl groups is 1. The molecule has 65 heavy (non-hydrogen) atoms. The second kappa shape index (κ2) is 47.8. The Morgan fingerprint density at radius 2 is 0.846 bits per heavy atom. The number of phosphoric ester groups is 1. The minimum absolute atomic E-state index is 0.0550. The largest absolute Gasteiger partial charge is 0.472 e. The monoisotopic (exact) mass is 938 g/mol. The maximum absolute atomic E-state index is 12.9. The lowest BCUT2D eigenvalue weighted by molar-refractivity contribution is -0.870. The summed E-state index contributed by atoms with van der Waals surface area (Å²) in [7, 11) is 1.56. The molecule has 0 rings (SSSR count). The molecular weight excluding hydrogens is 828 g/mol. The van der Waals surface area contributed by atoms with E-state index in [0.717, 1.165) is 51.4 Å². The quantitative estimate of drug-likeness (QED) is 0.0243. The molecule has 0 heterocycles. The number of nitrogens with one attached hydrogen (secondary N) is 1. The number of amides is 1. The van der Waals surface area contributed by atoms with Crippen molar-refractivity contribution >= 4 is 13.7 Å². The fourth-order valence-corrected chi connectivity index (χ4v) is 8.91. The number of aliphatic hydroxyl groups excluding tert-OH is 1. The first-order valence-electron chi connectivity index (χ1n) is 27.9. The third-order valence-corrected chi connectivity index (χ3v) is 13.6. The third-order valence-electron chi connectivity index (χ3n) is 12.6. The van der Waals surface area contributed by atoms with Gasteiger partial charge in [-0.2, -0.15) is 0 Å². The molecule has 0 aromatic heterocycles. The van der Waals surface area contributed by atoms with E-state index in [1.807, 2.05) is 27.2 Å². The van der Waals surface area contributed by atoms with Crippen LogP contribution in [0.3, 0.4) is 0 Å². The van der Waals surface area contributed by atoms with E-state index in [0.29, 0.717) is 17.4 Å². The summed E-state index contributed by atoms with van der Waals surface area (Å²) < 4.78 is 23.7. The van der Waals surface area contributed by atoms with Crippen LogP contribution < -0.4 is 5.32 Å². The van der Waals surface area contributed by atoms with Crippen LogP contribution >= 0.6 is 7.82 Å². The predicted octanol–water partition coefficient (Wildman–Crippen LogP) is 16.6. The number of hydrogen-bond donors (Lipinski definition) is 3. The Kier molecular flexibility index (Phi) is 46.8. The van der Waals surface area contributed by atoms with Gasteiger partial charge >= 0.3 is 7.82 Å². The number of phosphoric acid groups is 1. The van der Waals surface area contributed by atoms with E-state index in [1.165, 1.54) is 193 Å². The molecule has 3 unspecified atom stereocenters. The fourth-order valence-electron chi connectivity index (χ4n) is 8.17. The molecule has 0 aliphatic heterocycles. The van der Waals surface area contributed by atoms with Gasteiger partial charge in [0.15, 0.2) is 0 Å². The minimum Gasteiger partial charge on any atom is -0.387 e. The Hall–Kier alpha value is -1.28. The molecule has 1 amide bonds. The van der Waals surface area contributed by atoms with Crippen molar-refractivity contribution in [2.24, 2.45) is 0 Å². The van der Waals surface area contributed by atoms with Gasteiger partial charge in [-0.25, -0.2) is 4.57 Å². The molecule has 8 nitrogen and oxygen atoms in total. The Morgan fingerprint density at radius 3 is 1.23 bits per heavy atom. The summed E-state index contributed by atoms with van der Waals surface area (Å²) in [5, 5.41) is 13.9. The summed E-state index contributed by atoms with van der Waals surface area (Å²) in [5.74, 6) is -0.193. The zero-order valence-electron chi connectivity index (χ0n) is 43.7. The Balaban J connectivity index is 4.28. The average Bonchev–Trinajstić information content (AvgIpc) is 3.26. The molecule has 384 valence electrons. The summed E-state index contributed by atoms with van der Waals surface area (Å²) in [4.78, 5) is 23.2. The van der Waals surface area contributed by atoms with Gasteiger partial charge in [0.25, 0.3) is 0 Å². The van der Waals surface area contributed by atoms with Crippen LogP contribution in [-0.2, 0) is 18.4 Å². The van der Waals surface area contributed by atoms with Gasteiger partial charge in [0.1, 0.15) is 13.2 Å². The number of rotatable bonds is 51. The van der Waals surface area contributed by atoms with Crippen molar-refractivity contribution in [3.05, 3.63) is 36.5 Å². The number of likely N-dealkylation sites (N-methyl/N-ethyl adjacent to an activating group) is 1. The van der Waals surface area contributed by atoms with Gasteiger partial charge in [-0.1, -0.05) is 237 Å². The summed E-state index contributed by atoms with van der Waals surface area (Å²) in [6, 6.07) is -0.867. The molecule has 9 heteroatoms. The van der Waals surface area contributed by atoms with Gasteiger partial charge < -0.3 is 19.8 Å². The minimum atomic E-state index is -4.35. The summed E-state index contributed by atoms with van der Waals surface area (Å²) in [6.45, 7) is 4.82. The van der Waals surface area contributed by atoms with Gasteiger partial charge in [0.05, 0.1) is 39.9 Å². The summed E-state index contributed by atoms with van der Waals surface area (Å²) in [6.07, 6.45) is 61.0. The SMILES string of the molecule is CCCCCCCCCCC/C=C\CCCCCCCC(=O)NC(COP(=O)(O)OCC[N+](C)(C)C)C(O)/C=C/CC/C=C/CCCCCCCCCCCCCCCCCCCCC. The van der Waals surface area contributed by atoms with E-state index in [1.54, 1.807) is 6.08 Å². The van der Waals surface area contributed by atoms with E-state index in [4.69, 9.17) is 9.05 Å². The van der Waals surface area contributed by atoms with Gasteiger partial charge in [0.2, 0.25) is 5.91 Å². The van der Waals surface area contributed by atoms with Crippen LogP contribution in [0.4, 0.5) is 0 Å². The third kappa shape index (κ3) is 50.4. The van der Waals surface area contributed by atoms with Crippen LogP contribution in [0.15, 0.2) is 36.5 Å². The van der Waals surface area contributed by atoms with Crippen LogP contribution in [0.5, 0.6) is 0 Å². The smallest absolute Gasteiger partial charge is 0.387 e. The fraction of sp³-hybridized carbons (Fsp3) is 0.875. The highest BCUT2D eigenvalue weighted by Crippen LogP contribution is 2.43. The highest BCUT2D eigenvalue weighted by molar-refractivity contribution is 7.47. The van der Waals surface area contributed by atoms with Crippen LogP contribution in [0.25, 0.3) is 0 Å². The van der Waals surface area contributed by atoms with Crippen molar-refractivity contribution in [2.75, 3.05) is 40.9 Å². The molecule has 3 N–H and O–H groups in total. The van der Waals surface area contributed by atoms with Gasteiger partial charge in [-0.05, 0) is 57.8 Å². The van der Waals surface area contributed by atoms with Gasteiger partial charge in [0, 0.05) is 6.42 Å². The molecule has 0 bridgehead atoms. The van der Waals surface area contributed by atoms with Crippen molar-refractivity contribution in [1.82, 2.24) is 5.32 Å². The number of carbonyl (C=O) groups excluding carboxylic acids is 1. The maximum atomic E-state index is 12.9. The van der Waals surface area contributed by atoms with Crippen molar-refractivity contribution in [3.8, 4) is 0 Å². The molecule has 0 saturated carbocycles. The number of allylic oxidation sites excluding steroid dienone is 5. The van der Waals surface area contributed by atoms with Crippen LogP contribution in [0.1, 0.15) is 264 Å². The lowest BCUT2D eigenvalue weighted by Crippen LogP contribution is -2.45. The lowest BCUT2D eigenvalue weighted by atomic mass is 10.0. The molecule has 0 aliphatic carbocycles. The predicted molar refractivity (Wildman–Crippen MR) is 281 cm³/mol. The van der Waals surface area contributed by atoms with Crippen LogP contribution in [-0.4, -0.2) is 73.4 Å². The van der Waals surface area contributed by atoms with E-state index in [9.17, 15) is 19.4 Å². The van der Waals surface area contributed by atoms with E-state index in [-0.39, 0.29) is 19.1 Å². The summed E-state index contributed by atoms with van der Waals surface area (Å²) in [5.41, 5.74) is 0. The molecule has 0 spiro atoms. The molecule has 0 radical (unpaired) electrons. The zero-order valence-corrected chi connectivity index (χ0v) is 44.6. The van der Waals surface area contributed by atoms with Crippen LogP contribution in [0.2, 0.25) is 0 Å². The first-order chi connectivity index (χ1) is 31.5. The molecule has 0 aliphatic rings. The lowest BCUT2D eigenvalue weighted by Gasteiger charge is -2.25. The molecule has 0 fully saturated rings. The molecule has 3 atom stereocenters. The van der Waals surface area contributed by atoms with Crippen molar-refractivity contribution < 1.29 is 32.9 Å². The van der Waals surface area contributed by atoms with Gasteiger partial charge in [-0.15, -0.1) is 0 Å². The molecule has 0 saturated heterocycles. The Bertz CT molecular complexity index is 1150. The Labute approximate surface area is 404 Å². The van der Waals surface area contributed by atoms with Crippen molar-refractivity contribution in [3.63, 3.8) is 0 Å². The number of carbonyl (C=O) groups is 1. The standard InChI is InChI=1S/C56H109N2O6P/c1-6-8-10-12-14-16-18-20-22-24-26-27-28-29-30-31-32-33-35-37-39-41-43-45-47-49-55(59)54(53-64-65(61,62)63-52-51-58(3,4)5)57-56(60)50-48-46-44-42-40-38-36-34-25-23-21-19-17-15-13-11-9-7-2/h34,36,39,41,47,49,54-55,59H,6-33,35,37-38,40,42-46,48,50-53H2,1-5H3,(H-,57,60,61,62)/p+1/b36-34-,41-39+,49-47+. The number of nitrogens with zero attached hydrogens (tertiary/aromatic N) is 1. The van der Waals surface area contributed by atoms with E-state index < -0.39 is 20.0 Å². The molecule has 0 aromatic rings. The van der Waals surface area contributed by atoms with Crippen LogP contribution in [0, 0.1) is 0 Å². The highest BCUT2D eigenvalue weighted by Gasteiger charge is 2.27. The second-order valence-corrected chi connectivity index (χ2v) is 21.8. The number of quaternary nitrogens is 1. The first kappa shape index (κ1) is 63.7. The molecular formula is C56H110N2O6P+.